The van der Waals surface area contributed by atoms with Crippen LogP contribution in [0.25, 0.3) is 0 Å². The highest BCUT2D eigenvalue weighted by Gasteiger charge is 2.19. The summed E-state index contributed by atoms with van der Waals surface area (Å²) in [6, 6.07) is 11.0. The minimum absolute atomic E-state index is 0.00981. The summed E-state index contributed by atoms with van der Waals surface area (Å²) in [6.07, 6.45) is 0.991. The summed E-state index contributed by atoms with van der Waals surface area (Å²) in [4.78, 5) is 23.9. The topological polar surface area (TPSA) is 105 Å². The molecule has 0 fully saturated rings. The Hall–Kier alpha value is -2.61. The molecular weight excluding hydrogens is 368 g/mol. The van der Waals surface area contributed by atoms with Crippen LogP contribution < -0.4 is 10.6 Å². The summed E-state index contributed by atoms with van der Waals surface area (Å²) >= 11 is 0. The maximum absolute atomic E-state index is 12.3. The van der Waals surface area contributed by atoms with Crippen molar-refractivity contribution in [2.24, 2.45) is 0 Å². The van der Waals surface area contributed by atoms with Crippen molar-refractivity contribution in [2.75, 3.05) is 6.54 Å². The molecule has 146 valence electrons. The molecule has 0 saturated heterocycles. The first-order chi connectivity index (χ1) is 12.8. The summed E-state index contributed by atoms with van der Waals surface area (Å²) in [6.45, 7) is 4.04. The molecular formula is C19H24N2O5S. The molecule has 2 aromatic rings. The molecule has 0 aliphatic rings. The molecule has 1 aromatic heterocycles. The highest BCUT2D eigenvalue weighted by Crippen LogP contribution is 2.18. The second-order valence-corrected chi connectivity index (χ2v) is 8.21. The van der Waals surface area contributed by atoms with Crippen molar-refractivity contribution in [1.82, 2.24) is 10.6 Å². The molecule has 7 nitrogen and oxygen atoms in total. The van der Waals surface area contributed by atoms with Gasteiger partial charge in [0.25, 0.3) is 5.91 Å². The number of rotatable bonds is 9. The molecule has 1 unspecified atom stereocenters. The van der Waals surface area contributed by atoms with Gasteiger partial charge in [-0.15, -0.1) is 0 Å². The van der Waals surface area contributed by atoms with Crippen molar-refractivity contribution in [3.63, 3.8) is 0 Å². The average molecular weight is 392 g/mol. The fraction of sp³-hybridized carbons (Fsp3) is 0.368. The van der Waals surface area contributed by atoms with E-state index in [4.69, 9.17) is 4.42 Å². The van der Waals surface area contributed by atoms with Gasteiger partial charge in [-0.3, -0.25) is 9.59 Å². The van der Waals surface area contributed by atoms with E-state index in [1.165, 1.54) is 24.3 Å². The molecule has 1 atom stereocenters. The fourth-order valence-corrected chi connectivity index (χ4v) is 3.57. The number of hydrogen-bond donors (Lipinski definition) is 2. The van der Waals surface area contributed by atoms with Crippen LogP contribution in [0.4, 0.5) is 0 Å². The number of carbonyl (C=O) groups is 2. The molecule has 2 rings (SSSR count). The molecule has 0 aliphatic heterocycles. The van der Waals surface area contributed by atoms with Crippen LogP contribution in [0.3, 0.4) is 0 Å². The zero-order valence-electron chi connectivity index (χ0n) is 15.4. The maximum Gasteiger partial charge on any atom is 0.287 e. The number of benzene rings is 1. The van der Waals surface area contributed by atoms with Gasteiger partial charge in [0.05, 0.1) is 4.90 Å². The first-order valence-corrected chi connectivity index (χ1v) is 10.4. The van der Waals surface area contributed by atoms with E-state index in [-0.39, 0.29) is 47.1 Å². The van der Waals surface area contributed by atoms with Crippen LogP contribution in [0, 0.1) is 0 Å². The molecule has 0 spiro atoms. The van der Waals surface area contributed by atoms with Crippen LogP contribution in [-0.4, -0.2) is 32.8 Å². The third-order valence-electron chi connectivity index (χ3n) is 3.98. The van der Waals surface area contributed by atoms with Gasteiger partial charge in [0.1, 0.15) is 11.5 Å². The van der Waals surface area contributed by atoms with Gasteiger partial charge in [0.15, 0.2) is 15.6 Å². The Morgan fingerprint density at radius 3 is 2.48 bits per heavy atom. The van der Waals surface area contributed by atoms with E-state index in [0.29, 0.717) is 0 Å². The summed E-state index contributed by atoms with van der Waals surface area (Å²) in [7, 11) is -3.55. The first kappa shape index (κ1) is 20.7. The molecule has 0 aliphatic carbocycles. The van der Waals surface area contributed by atoms with Gasteiger partial charge in [-0.2, -0.15) is 0 Å². The third kappa shape index (κ3) is 6.25. The molecule has 8 heteroatoms. The SMILES string of the molecule is CCC(C)NC(=O)CCNC(=O)c1ccc(CS(=O)(=O)c2ccccc2)o1. The van der Waals surface area contributed by atoms with Crippen LogP contribution in [0.15, 0.2) is 51.8 Å². The van der Waals surface area contributed by atoms with E-state index in [2.05, 4.69) is 10.6 Å². The van der Waals surface area contributed by atoms with Gasteiger partial charge in [-0.1, -0.05) is 25.1 Å². The minimum Gasteiger partial charge on any atom is -0.455 e. The smallest absolute Gasteiger partial charge is 0.287 e. The minimum atomic E-state index is -3.55. The average Bonchev–Trinajstić information content (AvgIpc) is 3.10. The number of furan rings is 1. The van der Waals surface area contributed by atoms with Gasteiger partial charge in [0.2, 0.25) is 5.91 Å². The molecule has 0 radical (unpaired) electrons. The van der Waals surface area contributed by atoms with Crippen molar-refractivity contribution < 1.29 is 22.4 Å². The molecule has 27 heavy (non-hydrogen) atoms. The van der Waals surface area contributed by atoms with Gasteiger partial charge < -0.3 is 15.1 Å². The van der Waals surface area contributed by atoms with Crippen molar-refractivity contribution >= 4 is 21.7 Å². The summed E-state index contributed by atoms with van der Waals surface area (Å²) in [5, 5.41) is 5.39. The van der Waals surface area contributed by atoms with Crippen molar-refractivity contribution in [1.29, 1.82) is 0 Å². The highest BCUT2D eigenvalue weighted by molar-refractivity contribution is 7.90. The Morgan fingerprint density at radius 1 is 1.11 bits per heavy atom. The predicted molar refractivity (Wildman–Crippen MR) is 101 cm³/mol. The zero-order chi connectivity index (χ0) is 19.9. The van der Waals surface area contributed by atoms with E-state index < -0.39 is 15.7 Å². The largest absolute Gasteiger partial charge is 0.455 e. The normalized spacial score (nSPS) is 12.4. The number of amides is 2. The van der Waals surface area contributed by atoms with Crippen LogP contribution in [0.2, 0.25) is 0 Å². The van der Waals surface area contributed by atoms with Gasteiger partial charge in [0, 0.05) is 19.0 Å². The second kappa shape index (κ2) is 9.36. The highest BCUT2D eigenvalue weighted by atomic mass is 32.2. The third-order valence-corrected chi connectivity index (χ3v) is 5.63. The zero-order valence-corrected chi connectivity index (χ0v) is 16.2. The molecule has 0 bridgehead atoms. The molecule has 1 heterocycles. The van der Waals surface area contributed by atoms with Crippen LogP contribution in [0.5, 0.6) is 0 Å². The molecule has 2 amide bonds. The van der Waals surface area contributed by atoms with Crippen molar-refractivity contribution in [2.45, 2.75) is 43.4 Å². The van der Waals surface area contributed by atoms with Gasteiger partial charge in [-0.05, 0) is 37.6 Å². The van der Waals surface area contributed by atoms with Crippen molar-refractivity contribution in [3.8, 4) is 0 Å². The van der Waals surface area contributed by atoms with Crippen LogP contribution >= 0.6 is 0 Å². The van der Waals surface area contributed by atoms with Gasteiger partial charge in [-0.25, -0.2) is 8.42 Å². The molecule has 1 aromatic carbocycles. The monoisotopic (exact) mass is 392 g/mol. The summed E-state index contributed by atoms with van der Waals surface area (Å²) in [5.74, 6) is -0.774. The van der Waals surface area contributed by atoms with Gasteiger partial charge >= 0.3 is 0 Å². The van der Waals surface area contributed by atoms with E-state index in [1.54, 1.807) is 18.2 Å². The standard InChI is InChI=1S/C19H24N2O5S/c1-3-14(2)21-18(22)11-12-20-19(23)17-10-9-15(26-17)13-27(24,25)16-7-5-4-6-8-16/h4-10,14H,3,11-13H2,1-2H3,(H,20,23)(H,21,22). The second-order valence-electron chi connectivity index (χ2n) is 6.22. The number of carbonyl (C=O) groups excluding carboxylic acids is 2. The Kier molecular flexibility index (Phi) is 7.18. The predicted octanol–water partition coefficient (Wildman–Crippen LogP) is 2.29. The Balaban J connectivity index is 1.88. The van der Waals surface area contributed by atoms with Crippen LogP contribution in [0.1, 0.15) is 43.0 Å². The van der Waals surface area contributed by atoms with E-state index >= 15 is 0 Å². The summed E-state index contributed by atoms with van der Waals surface area (Å²) < 4.78 is 30.0. The lowest BCUT2D eigenvalue weighted by Gasteiger charge is -2.11. The van der Waals surface area contributed by atoms with Crippen LogP contribution in [-0.2, 0) is 20.4 Å². The number of sulfone groups is 1. The lowest BCUT2D eigenvalue weighted by molar-refractivity contribution is -0.121. The Labute approximate surface area is 159 Å². The summed E-state index contributed by atoms with van der Waals surface area (Å²) in [5.41, 5.74) is 0. The molecule has 0 saturated carbocycles. The lowest BCUT2D eigenvalue weighted by Crippen LogP contribution is -2.35. The molecule has 2 N–H and O–H groups in total. The van der Waals surface area contributed by atoms with E-state index in [9.17, 15) is 18.0 Å². The first-order valence-electron chi connectivity index (χ1n) is 8.76. The van der Waals surface area contributed by atoms with E-state index in [1.807, 2.05) is 13.8 Å². The fourth-order valence-electron chi connectivity index (χ4n) is 2.30. The number of nitrogens with one attached hydrogen (secondary N) is 2. The lowest BCUT2D eigenvalue weighted by atomic mass is 10.2. The van der Waals surface area contributed by atoms with Crippen molar-refractivity contribution in [3.05, 3.63) is 54.0 Å². The van der Waals surface area contributed by atoms with E-state index in [0.717, 1.165) is 6.42 Å². The quantitative estimate of drug-likeness (QED) is 0.681. The Morgan fingerprint density at radius 2 is 1.81 bits per heavy atom. The number of hydrogen-bond acceptors (Lipinski definition) is 5. The maximum atomic E-state index is 12.3. The Bertz CT molecular complexity index is 875.